The number of nitrogens with two attached hydrogens (primary N) is 1. The maximum atomic E-state index is 11.9. The van der Waals surface area contributed by atoms with E-state index in [0.29, 0.717) is 17.2 Å². The zero-order valence-electron chi connectivity index (χ0n) is 11.0. The SMILES string of the molecule is Cc1cccc([S+]([O-])NC(=O)C(N)CC(C)C)c1. The summed E-state index contributed by atoms with van der Waals surface area (Å²) in [5.74, 6) is -0.0401. The van der Waals surface area contributed by atoms with Crippen molar-refractivity contribution in [3.8, 4) is 0 Å². The molecule has 1 aromatic rings. The third-order valence-corrected chi connectivity index (χ3v) is 3.53. The Morgan fingerprint density at radius 2 is 2.17 bits per heavy atom. The summed E-state index contributed by atoms with van der Waals surface area (Å²) < 4.78 is 14.4. The highest BCUT2D eigenvalue weighted by Gasteiger charge is 2.21. The first-order valence-corrected chi connectivity index (χ1v) is 7.09. The smallest absolute Gasteiger partial charge is 0.278 e. The first-order chi connectivity index (χ1) is 8.40. The fourth-order valence-corrected chi connectivity index (χ4v) is 2.52. The summed E-state index contributed by atoms with van der Waals surface area (Å²) in [5, 5.41) is 0. The first kappa shape index (κ1) is 15.0. The molecule has 0 saturated heterocycles. The van der Waals surface area contributed by atoms with Gasteiger partial charge >= 0.3 is 0 Å². The van der Waals surface area contributed by atoms with Crippen molar-refractivity contribution in [3.05, 3.63) is 29.8 Å². The summed E-state index contributed by atoms with van der Waals surface area (Å²) in [6, 6.07) is 6.61. The van der Waals surface area contributed by atoms with Gasteiger partial charge in [-0.05, 0) is 37.0 Å². The molecule has 0 bridgehead atoms. The van der Waals surface area contributed by atoms with Crippen LogP contribution in [0.4, 0.5) is 0 Å². The van der Waals surface area contributed by atoms with Gasteiger partial charge in [0.15, 0.2) is 4.90 Å². The van der Waals surface area contributed by atoms with Crippen LogP contribution in [0.15, 0.2) is 29.2 Å². The Kier molecular flexibility index (Phi) is 5.65. The van der Waals surface area contributed by atoms with Gasteiger partial charge in [0.25, 0.3) is 5.91 Å². The van der Waals surface area contributed by atoms with Crippen LogP contribution < -0.4 is 10.5 Å². The number of amides is 1. The normalized spacial score (nSPS) is 14.3. The number of nitrogens with one attached hydrogen (secondary N) is 1. The maximum absolute atomic E-state index is 11.9. The van der Waals surface area contributed by atoms with E-state index in [9.17, 15) is 9.35 Å². The standard InChI is InChI=1S/C13H20N2O2S/c1-9(2)7-12(14)13(16)15-18(17)11-6-4-5-10(3)8-11/h4-6,8-9,12H,7,14H2,1-3H3,(H,15,16). The molecular weight excluding hydrogens is 248 g/mol. The Bertz CT molecular complexity index is 410. The van der Waals surface area contributed by atoms with E-state index in [-0.39, 0.29) is 5.91 Å². The molecule has 0 aromatic heterocycles. The van der Waals surface area contributed by atoms with Crippen LogP contribution in [0.3, 0.4) is 0 Å². The quantitative estimate of drug-likeness (QED) is 0.794. The molecule has 1 aromatic carbocycles. The summed E-state index contributed by atoms with van der Waals surface area (Å²) in [5.41, 5.74) is 6.73. The molecule has 0 radical (unpaired) electrons. The van der Waals surface area contributed by atoms with Gasteiger partial charge in [0, 0.05) is 0 Å². The Balaban J connectivity index is 2.59. The van der Waals surface area contributed by atoms with Crippen LogP contribution in [0.25, 0.3) is 0 Å². The Morgan fingerprint density at radius 3 is 2.72 bits per heavy atom. The number of aryl methyl sites for hydroxylation is 1. The zero-order chi connectivity index (χ0) is 13.7. The van der Waals surface area contributed by atoms with Crippen molar-refractivity contribution in [1.29, 1.82) is 0 Å². The average molecular weight is 268 g/mol. The van der Waals surface area contributed by atoms with Crippen LogP contribution >= 0.6 is 0 Å². The minimum absolute atomic E-state index is 0.332. The first-order valence-electron chi connectivity index (χ1n) is 5.94. The molecule has 3 N–H and O–H groups in total. The van der Waals surface area contributed by atoms with E-state index in [4.69, 9.17) is 5.73 Å². The van der Waals surface area contributed by atoms with Gasteiger partial charge in [0.2, 0.25) is 0 Å². The monoisotopic (exact) mass is 268 g/mol. The summed E-state index contributed by atoms with van der Waals surface area (Å²) in [6.07, 6.45) is 0.580. The molecule has 100 valence electrons. The van der Waals surface area contributed by atoms with E-state index in [1.807, 2.05) is 32.9 Å². The summed E-state index contributed by atoms with van der Waals surface area (Å²) in [7, 11) is 0. The van der Waals surface area contributed by atoms with Crippen molar-refractivity contribution in [2.24, 2.45) is 11.7 Å². The minimum Gasteiger partial charge on any atom is -0.588 e. The summed E-state index contributed by atoms with van der Waals surface area (Å²) in [6.45, 7) is 5.89. The van der Waals surface area contributed by atoms with Gasteiger partial charge in [-0.2, -0.15) is 4.72 Å². The molecule has 18 heavy (non-hydrogen) atoms. The Labute approximate surface area is 111 Å². The van der Waals surface area contributed by atoms with E-state index in [0.717, 1.165) is 5.56 Å². The van der Waals surface area contributed by atoms with E-state index in [1.54, 1.807) is 12.1 Å². The fraction of sp³-hybridized carbons (Fsp3) is 0.462. The topological polar surface area (TPSA) is 78.2 Å². The van der Waals surface area contributed by atoms with Crippen LogP contribution in [0.2, 0.25) is 0 Å². The lowest BCUT2D eigenvalue weighted by Crippen LogP contribution is -2.43. The van der Waals surface area contributed by atoms with Crippen LogP contribution in [-0.2, 0) is 16.2 Å². The van der Waals surface area contributed by atoms with Gasteiger partial charge in [-0.1, -0.05) is 26.0 Å². The summed E-state index contributed by atoms with van der Waals surface area (Å²) >= 11 is -1.54. The molecule has 0 aliphatic carbocycles. The number of hydrogen-bond donors (Lipinski definition) is 2. The molecule has 0 fully saturated rings. The zero-order valence-corrected chi connectivity index (χ0v) is 11.8. The van der Waals surface area contributed by atoms with Crippen LogP contribution in [0, 0.1) is 12.8 Å². The molecule has 2 unspecified atom stereocenters. The molecule has 1 amide bonds. The molecule has 1 rings (SSSR count). The van der Waals surface area contributed by atoms with Crippen molar-refractivity contribution in [1.82, 2.24) is 4.72 Å². The van der Waals surface area contributed by atoms with Crippen molar-refractivity contribution in [2.75, 3.05) is 0 Å². The highest BCUT2D eigenvalue weighted by molar-refractivity contribution is 7.90. The second kappa shape index (κ2) is 6.78. The van der Waals surface area contributed by atoms with Crippen LogP contribution in [-0.4, -0.2) is 16.5 Å². The van der Waals surface area contributed by atoms with Crippen molar-refractivity contribution >= 4 is 17.3 Å². The second-order valence-electron chi connectivity index (χ2n) is 4.79. The third kappa shape index (κ3) is 4.68. The minimum atomic E-state index is -1.54. The number of hydrogen-bond acceptors (Lipinski definition) is 3. The van der Waals surface area contributed by atoms with Gasteiger partial charge in [-0.3, -0.25) is 4.79 Å². The van der Waals surface area contributed by atoms with Gasteiger partial charge in [0.05, 0.1) is 6.04 Å². The number of benzene rings is 1. The third-order valence-electron chi connectivity index (χ3n) is 2.46. The van der Waals surface area contributed by atoms with Crippen LogP contribution in [0.5, 0.6) is 0 Å². The Morgan fingerprint density at radius 1 is 1.50 bits per heavy atom. The highest BCUT2D eigenvalue weighted by atomic mass is 32.2. The summed E-state index contributed by atoms with van der Waals surface area (Å²) in [4.78, 5) is 12.3. The lowest BCUT2D eigenvalue weighted by atomic mass is 10.0. The van der Waals surface area contributed by atoms with Gasteiger partial charge in [0.1, 0.15) is 11.4 Å². The molecule has 2 atom stereocenters. The molecule has 4 nitrogen and oxygen atoms in total. The second-order valence-corrected chi connectivity index (χ2v) is 6.00. The van der Waals surface area contributed by atoms with Crippen molar-refractivity contribution < 1.29 is 9.35 Å². The largest absolute Gasteiger partial charge is 0.588 e. The number of carbonyl (C=O) groups excluding carboxylic acids is 1. The van der Waals surface area contributed by atoms with E-state index >= 15 is 0 Å². The van der Waals surface area contributed by atoms with E-state index < -0.39 is 17.4 Å². The molecule has 0 spiro atoms. The lowest BCUT2D eigenvalue weighted by molar-refractivity contribution is -0.120. The van der Waals surface area contributed by atoms with Gasteiger partial charge in [-0.25, -0.2) is 0 Å². The maximum Gasteiger partial charge on any atom is 0.278 e. The molecule has 0 aliphatic rings. The van der Waals surface area contributed by atoms with Gasteiger partial charge in [-0.15, -0.1) is 0 Å². The Hall–Kier alpha value is -1.04. The molecule has 0 heterocycles. The fourth-order valence-electron chi connectivity index (χ4n) is 1.57. The average Bonchev–Trinajstić information content (AvgIpc) is 2.27. The highest BCUT2D eigenvalue weighted by Crippen LogP contribution is 2.11. The van der Waals surface area contributed by atoms with Crippen LogP contribution in [0.1, 0.15) is 25.8 Å². The number of carbonyl (C=O) groups is 1. The van der Waals surface area contributed by atoms with Crippen molar-refractivity contribution in [3.63, 3.8) is 0 Å². The molecule has 0 aliphatic heterocycles. The molecule has 5 heteroatoms. The van der Waals surface area contributed by atoms with Crippen molar-refractivity contribution in [2.45, 2.75) is 38.1 Å². The molecule has 0 saturated carbocycles. The lowest BCUT2D eigenvalue weighted by Gasteiger charge is -2.15. The molecular formula is C13H20N2O2S. The van der Waals surface area contributed by atoms with Gasteiger partial charge < -0.3 is 10.3 Å². The predicted molar refractivity (Wildman–Crippen MR) is 73.2 cm³/mol. The van der Waals surface area contributed by atoms with E-state index in [2.05, 4.69) is 4.72 Å². The predicted octanol–water partition coefficient (Wildman–Crippen LogP) is 1.51. The number of rotatable bonds is 5. The van der Waals surface area contributed by atoms with E-state index in [1.165, 1.54) is 0 Å².